The molecule has 4 rings (SSSR count). The minimum atomic E-state index is -0.503. The summed E-state index contributed by atoms with van der Waals surface area (Å²) in [6.45, 7) is 13.5. The quantitative estimate of drug-likeness (QED) is 0.668. The molecule has 7 heteroatoms. The molecule has 194 valence electrons. The van der Waals surface area contributed by atoms with Crippen LogP contribution in [0.15, 0.2) is 48.5 Å². The predicted molar refractivity (Wildman–Crippen MR) is 142 cm³/mol. The molecule has 2 heterocycles. The number of carbonyl (C=O) groups is 2. The second kappa shape index (κ2) is 11.9. The third kappa shape index (κ3) is 7.55. The van der Waals surface area contributed by atoms with E-state index in [1.165, 1.54) is 11.1 Å². The Bertz CT molecular complexity index is 1030. The van der Waals surface area contributed by atoms with Gasteiger partial charge >= 0.3 is 6.09 Å². The molecule has 2 aliphatic rings. The molecule has 0 radical (unpaired) electrons. The molecule has 0 aliphatic carbocycles. The molecule has 0 aromatic heterocycles. The molecule has 2 amide bonds. The first-order chi connectivity index (χ1) is 17.3. The fraction of sp³-hybridized carbons (Fsp3) is 0.517. The first kappa shape index (κ1) is 26.2. The van der Waals surface area contributed by atoms with E-state index in [9.17, 15) is 9.59 Å². The van der Waals surface area contributed by atoms with E-state index >= 15 is 0 Å². The summed E-state index contributed by atoms with van der Waals surface area (Å²) in [6.07, 6.45) is 1.23. The second-order valence-corrected chi connectivity index (χ2v) is 10.8. The van der Waals surface area contributed by atoms with Crippen molar-refractivity contribution in [2.75, 3.05) is 52.4 Å². The van der Waals surface area contributed by atoms with Crippen LogP contribution >= 0.6 is 0 Å². The summed E-state index contributed by atoms with van der Waals surface area (Å²) in [6, 6.07) is 16.5. The van der Waals surface area contributed by atoms with Gasteiger partial charge in [0, 0.05) is 64.5 Å². The maximum absolute atomic E-state index is 12.8. The summed E-state index contributed by atoms with van der Waals surface area (Å²) in [5, 5.41) is 3.09. The van der Waals surface area contributed by atoms with Crippen LogP contribution in [0.25, 0.3) is 0 Å². The van der Waals surface area contributed by atoms with E-state index in [1.54, 1.807) is 4.90 Å². The molecule has 0 saturated carbocycles. The Labute approximate surface area is 215 Å². The fourth-order valence-corrected chi connectivity index (χ4v) is 4.82. The van der Waals surface area contributed by atoms with Gasteiger partial charge in [0.15, 0.2) is 0 Å². The maximum Gasteiger partial charge on any atom is 0.410 e. The van der Waals surface area contributed by atoms with Gasteiger partial charge in [-0.15, -0.1) is 0 Å². The molecule has 0 spiro atoms. The van der Waals surface area contributed by atoms with Gasteiger partial charge in [0.2, 0.25) is 0 Å². The molecule has 2 aromatic rings. The van der Waals surface area contributed by atoms with E-state index < -0.39 is 5.60 Å². The van der Waals surface area contributed by atoms with Crippen molar-refractivity contribution < 1.29 is 14.3 Å². The zero-order chi connectivity index (χ0) is 25.5. The highest BCUT2D eigenvalue weighted by molar-refractivity contribution is 5.94. The van der Waals surface area contributed by atoms with E-state index in [-0.39, 0.29) is 12.0 Å². The lowest BCUT2D eigenvalue weighted by molar-refractivity contribution is 0.0258. The van der Waals surface area contributed by atoms with E-state index in [0.717, 1.165) is 57.7 Å². The number of fused-ring (bicyclic) bond motifs is 1. The monoisotopic (exact) mass is 492 g/mol. The summed E-state index contributed by atoms with van der Waals surface area (Å²) >= 11 is 0. The van der Waals surface area contributed by atoms with Gasteiger partial charge in [0.25, 0.3) is 5.91 Å². The van der Waals surface area contributed by atoms with Gasteiger partial charge in [-0.05, 0) is 62.4 Å². The number of amides is 2. The van der Waals surface area contributed by atoms with Crippen molar-refractivity contribution >= 4 is 12.0 Å². The first-order valence-electron chi connectivity index (χ1n) is 13.1. The highest BCUT2D eigenvalue weighted by Gasteiger charge is 2.24. The van der Waals surface area contributed by atoms with Crippen LogP contribution in [-0.2, 0) is 24.1 Å². The van der Waals surface area contributed by atoms with Crippen LogP contribution in [0.1, 0.15) is 47.8 Å². The molecule has 36 heavy (non-hydrogen) atoms. The highest BCUT2D eigenvalue weighted by atomic mass is 16.6. The molecule has 1 N–H and O–H groups in total. The van der Waals surface area contributed by atoms with E-state index in [1.807, 2.05) is 39.0 Å². The number of hydrogen-bond donors (Lipinski definition) is 1. The minimum Gasteiger partial charge on any atom is -0.444 e. The maximum atomic E-state index is 12.8. The number of ether oxygens (including phenoxy) is 1. The zero-order valence-corrected chi connectivity index (χ0v) is 22.0. The molecule has 0 unspecified atom stereocenters. The van der Waals surface area contributed by atoms with Crippen LogP contribution in [0, 0.1) is 0 Å². The molecular weight excluding hydrogens is 452 g/mol. The zero-order valence-electron chi connectivity index (χ0n) is 22.0. The average Bonchev–Trinajstić information content (AvgIpc) is 3.07. The molecule has 0 bridgehead atoms. The summed E-state index contributed by atoms with van der Waals surface area (Å²) in [5.41, 5.74) is 3.88. The van der Waals surface area contributed by atoms with Crippen molar-refractivity contribution in [1.29, 1.82) is 0 Å². The molecule has 7 nitrogen and oxygen atoms in total. The van der Waals surface area contributed by atoms with Crippen LogP contribution in [0.2, 0.25) is 0 Å². The lowest BCUT2D eigenvalue weighted by Crippen LogP contribution is -2.48. The number of benzene rings is 2. The Morgan fingerprint density at radius 3 is 2.22 bits per heavy atom. The Kier molecular flexibility index (Phi) is 8.64. The van der Waals surface area contributed by atoms with Gasteiger partial charge in [-0.3, -0.25) is 14.6 Å². The third-order valence-corrected chi connectivity index (χ3v) is 6.85. The van der Waals surface area contributed by atoms with Crippen molar-refractivity contribution in [3.8, 4) is 0 Å². The second-order valence-electron chi connectivity index (χ2n) is 10.8. The van der Waals surface area contributed by atoms with Gasteiger partial charge in [-0.2, -0.15) is 0 Å². The van der Waals surface area contributed by atoms with Crippen molar-refractivity contribution in [3.63, 3.8) is 0 Å². The predicted octanol–water partition coefficient (Wildman–Crippen LogP) is 3.57. The van der Waals surface area contributed by atoms with Gasteiger partial charge in [0.1, 0.15) is 5.60 Å². The number of piperazine rings is 1. The number of carbonyl (C=O) groups excluding carboxylic acids is 2. The summed E-state index contributed by atoms with van der Waals surface area (Å²) in [5.74, 6) is -0.0336. The summed E-state index contributed by atoms with van der Waals surface area (Å²) in [7, 11) is 0. The Hall–Kier alpha value is -2.90. The van der Waals surface area contributed by atoms with E-state index in [4.69, 9.17) is 4.74 Å². The lowest BCUT2D eigenvalue weighted by Gasteiger charge is -2.34. The molecule has 1 saturated heterocycles. The number of nitrogens with zero attached hydrogens (tertiary/aromatic N) is 3. The molecular formula is C29H40N4O3. The lowest BCUT2D eigenvalue weighted by atomic mass is 10.00. The van der Waals surface area contributed by atoms with Crippen LogP contribution in [0.5, 0.6) is 0 Å². The molecule has 0 atom stereocenters. The third-order valence-electron chi connectivity index (χ3n) is 6.85. The first-order valence-corrected chi connectivity index (χ1v) is 13.1. The van der Waals surface area contributed by atoms with Crippen molar-refractivity contribution in [2.24, 2.45) is 0 Å². The average molecular weight is 493 g/mol. The van der Waals surface area contributed by atoms with Gasteiger partial charge in [-0.25, -0.2) is 4.79 Å². The van der Waals surface area contributed by atoms with E-state index in [0.29, 0.717) is 25.2 Å². The van der Waals surface area contributed by atoms with Crippen molar-refractivity contribution in [2.45, 2.75) is 45.8 Å². The van der Waals surface area contributed by atoms with Crippen molar-refractivity contribution in [1.82, 2.24) is 20.0 Å². The summed E-state index contributed by atoms with van der Waals surface area (Å²) in [4.78, 5) is 32.0. The minimum absolute atomic E-state index is 0.0336. The Balaban J connectivity index is 1.20. The van der Waals surface area contributed by atoms with Gasteiger partial charge in [0.05, 0.1) is 0 Å². The fourth-order valence-electron chi connectivity index (χ4n) is 4.82. The number of rotatable bonds is 6. The van der Waals surface area contributed by atoms with E-state index in [2.05, 4.69) is 45.4 Å². The molecule has 2 aliphatic heterocycles. The Morgan fingerprint density at radius 2 is 1.53 bits per heavy atom. The number of hydrogen-bond acceptors (Lipinski definition) is 5. The smallest absolute Gasteiger partial charge is 0.410 e. The molecule has 2 aromatic carbocycles. The SMILES string of the molecule is CC(C)(C)OC(=O)N1CCc2ccc(C(=O)NCCN3CCN(Cc4ccccc4)CC3)cc2CC1. The highest BCUT2D eigenvalue weighted by Crippen LogP contribution is 2.20. The molecule has 1 fully saturated rings. The standard InChI is InChI=1S/C29H40N4O3/c1-29(2,3)36-28(35)33-14-11-24-9-10-26(21-25(24)12-15-33)27(34)30-13-16-31-17-19-32(20-18-31)22-23-7-5-4-6-8-23/h4-10,21H,11-20,22H2,1-3H3,(H,30,34). The summed E-state index contributed by atoms with van der Waals surface area (Å²) < 4.78 is 5.54. The van der Waals surface area contributed by atoms with Crippen LogP contribution in [0.3, 0.4) is 0 Å². The topological polar surface area (TPSA) is 65.1 Å². The van der Waals surface area contributed by atoms with Crippen LogP contribution in [-0.4, -0.2) is 84.7 Å². The Morgan fingerprint density at radius 1 is 0.861 bits per heavy atom. The normalized spacial score (nSPS) is 17.2. The van der Waals surface area contributed by atoms with Crippen LogP contribution < -0.4 is 5.32 Å². The largest absolute Gasteiger partial charge is 0.444 e. The van der Waals surface area contributed by atoms with Crippen LogP contribution in [0.4, 0.5) is 4.79 Å². The van der Waals surface area contributed by atoms with Crippen molar-refractivity contribution in [3.05, 3.63) is 70.8 Å². The number of nitrogens with one attached hydrogen (secondary N) is 1. The van der Waals surface area contributed by atoms with Gasteiger partial charge < -0.3 is 15.0 Å². The van der Waals surface area contributed by atoms with Gasteiger partial charge in [-0.1, -0.05) is 36.4 Å².